The summed E-state index contributed by atoms with van der Waals surface area (Å²) in [6.07, 6.45) is 0.999. The van der Waals surface area contributed by atoms with Crippen LogP contribution in [0.1, 0.15) is 11.1 Å². The Morgan fingerprint density at radius 1 is 1.12 bits per heavy atom. The number of benzene rings is 1. The molecular weight excluding hydrogens is 324 g/mol. The van der Waals surface area contributed by atoms with Crippen LogP contribution in [0.4, 0.5) is 23.4 Å². The van der Waals surface area contributed by atoms with Crippen molar-refractivity contribution in [1.82, 2.24) is 14.5 Å². The number of anilines is 1. The van der Waals surface area contributed by atoms with Gasteiger partial charge in [0.15, 0.2) is 0 Å². The molecule has 0 aliphatic carbocycles. The lowest BCUT2D eigenvalue weighted by molar-refractivity contribution is -0.137. The minimum absolute atomic E-state index is 0.236. The van der Waals surface area contributed by atoms with Crippen LogP contribution in [0.5, 0.6) is 0 Å². The van der Waals surface area contributed by atoms with Crippen molar-refractivity contribution in [2.45, 2.75) is 12.7 Å². The van der Waals surface area contributed by atoms with Gasteiger partial charge in [0, 0.05) is 25.1 Å². The second-order valence-corrected chi connectivity index (χ2v) is 5.04. The molecule has 0 spiro atoms. The van der Waals surface area contributed by atoms with E-state index in [0.717, 1.165) is 12.3 Å². The zero-order valence-corrected chi connectivity index (χ0v) is 12.3. The molecule has 2 aromatic heterocycles. The van der Waals surface area contributed by atoms with Gasteiger partial charge in [-0.05, 0) is 29.8 Å². The molecule has 1 N–H and O–H groups in total. The maximum atomic E-state index is 14.1. The maximum Gasteiger partial charge on any atom is 0.417 e. The van der Waals surface area contributed by atoms with E-state index in [1.165, 1.54) is 18.5 Å². The molecule has 8 heteroatoms. The Balaban J connectivity index is 1.68. The van der Waals surface area contributed by atoms with Crippen LogP contribution in [0.3, 0.4) is 0 Å². The van der Waals surface area contributed by atoms with E-state index >= 15 is 0 Å². The van der Waals surface area contributed by atoms with Crippen molar-refractivity contribution in [2.24, 2.45) is 0 Å². The lowest BCUT2D eigenvalue weighted by atomic mass is 10.2. The summed E-state index contributed by atoms with van der Waals surface area (Å²) in [4.78, 5) is 7.56. The van der Waals surface area contributed by atoms with Crippen LogP contribution in [-0.4, -0.2) is 14.5 Å². The molecule has 4 nitrogen and oxygen atoms in total. The minimum Gasteiger partial charge on any atom is -0.366 e. The molecule has 0 unspecified atom stereocenters. The minimum atomic E-state index is -4.42. The third-order valence-electron chi connectivity index (χ3n) is 3.36. The second kappa shape index (κ2) is 6.31. The summed E-state index contributed by atoms with van der Waals surface area (Å²) in [6, 6.07) is 6.85. The topological polar surface area (TPSA) is 42.7 Å². The highest BCUT2D eigenvalue weighted by Gasteiger charge is 2.30. The van der Waals surface area contributed by atoms with Crippen LogP contribution >= 0.6 is 0 Å². The van der Waals surface area contributed by atoms with E-state index in [0.29, 0.717) is 11.3 Å². The van der Waals surface area contributed by atoms with E-state index < -0.39 is 17.6 Å². The summed E-state index contributed by atoms with van der Waals surface area (Å²) in [5.41, 5.74) is 0.186. The van der Waals surface area contributed by atoms with Crippen molar-refractivity contribution in [3.8, 4) is 5.69 Å². The number of hydrogen-bond acceptors (Lipinski definition) is 3. The number of imidazole rings is 1. The van der Waals surface area contributed by atoms with Crippen LogP contribution in [0.15, 0.2) is 55.2 Å². The standard InChI is InChI=1S/C16H12F4N4/c17-13-7-11(1-3-14(13)24-6-5-21-10-24)8-22-15-4-2-12(9-23-15)16(18,19)20/h1-7,9-10H,8H2,(H,22,23). The highest BCUT2D eigenvalue weighted by molar-refractivity contribution is 5.40. The van der Waals surface area contributed by atoms with Gasteiger partial charge in [-0.25, -0.2) is 14.4 Å². The van der Waals surface area contributed by atoms with Crippen molar-refractivity contribution in [1.29, 1.82) is 0 Å². The summed E-state index contributed by atoms with van der Waals surface area (Å²) in [7, 11) is 0. The predicted molar refractivity (Wildman–Crippen MR) is 80.1 cm³/mol. The first kappa shape index (κ1) is 16.0. The van der Waals surface area contributed by atoms with E-state index in [2.05, 4.69) is 15.3 Å². The van der Waals surface area contributed by atoms with Crippen molar-refractivity contribution in [2.75, 3.05) is 5.32 Å². The largest absolute Gasteiger partial charge is 0.417 e. The molecule has 0 atom stereocenters. The molecule has 0 aliphatic rings. The number of halogens is 4. The summed E-state index contributed by atoms with van der Waals surface area (Å²) in [5.74, 6) is -0.144. The Morgan fingerprint density at radius 2 is 1.96 bits per heavy atom. The van der Waals surface area contributed by atoms with Gasteiger partial charge < -0.3 is 9.88 Å². The molecule has 3 rings (SSSR count). The highest BCUT2D eigenvalue weighted by Crippen LogP contribution is 2.28. The average molecular weight is 336 g/mol. The van der Waals surface area contributed by atoms with Gasteiger partial charge in [-0.15, -0.1) is 0 Å². The summed E-state index contributed by atoms with van der Waals surface area (Å²) >= 11 is 0. The van der Waals surface area contributed by atoms with Crippen LogP contribution in [0.2, 0.25) is 0 Å². The van der Waals surface area contributed by atoms with E-state index in [-0.39, 0.29) is 12.4 Å². The Bertz CT molecular complexity index is 811. The Morgan fingerprint density at radius 3 is 2.54 bits per heavy atom. The lowest BCUT2D eigenvalue weighted by Gasteiger charge is -2.10. The lowest BCUT2D eigenvalue weighted by Crippen LogP contribution is -2.07. The third kappa shape index (κ3) is 3.53. The Kier molecular flexibility index (Phi) is 4.20. The van der Waals surface area contributed by atoms with Gasteiger partial charge in [0.05, 0.1) is 17.6 Å². The van der Waals surface area contributed by atoms with Crippen LogP contribution in [-0.2, 0) is 12.7 Å². The smallest absolute Gasteiger partial charge is 0.366 e. The molecule has 0 saturated carbocycles. The molecule has 1 aromatic carbocycles. The van der Waals surface area contributed by atoms with E-state index in [1.54, 1.807) is 29.1 Å². The average Bonchev–Trinajstić information content (AvgIpc) is 3.07. The first-order valence-corrected chi connectivity index (χ1v) is 6.97. The van der Waals surface area contributed by atoms with Crippen molar-refractivity contribution in [3.63, 3.8) is 0 Å². The first-order chi connectivity index (χ1) is 11.4. The van der Waals surface area contributed by atoms with Gasteiger partial charge in [0.1, 0.15) is 11.6 Å². The van der Waals surface area contributed by atoms with Gasteiger partial charge >= 0.3 is 6.18 Å². The molecule has 124 valence electrons. The highest BCUT2D eigenvalue weighted by atomic mass is 19.4. The van der Waals surface area contributed by atoms with Crippen molar-refractivity contribution in [3.05, 3.63) is 72.2 Å². The number of alkyl halides is 3. The van der Waals surface area contributed by atoms with E-state index in [4.69, 9.17) is 0 Å². The maximum absolute atomic E-state index is 14.1. The van der Waals surface area contributed by atoms with Gasteiger partial charge in [0.2, 0.25) is 0 Å². The SMILES string of the molecule is Fc1cc(CNc2ccc(C(F)(F)F)cn2)ccc1-n1ccnc1. The van der Waals surface area contributed by atoms with E-state index in [1.807, 2.05) is 0 Å². The fourth-order valence-corrected chi connectivity index (χ4v) is 2.13. The monoisotopic (exact) mass is 336 g/mol. The number of nitrogens with one attached hydrogen (secondary N) is 1. The fourth-order valence-electron chi connectivity index (χ4n) is 2.13. The number of pyridine rings is 1. The second-order valence-electron chi connectivity index (χ2n) is 5.04. The van der Waals surface area contributed by atoms with Crippen molar-refractivity contribution < 1.29 is 17.6 Å². The Labute approximate surface area is 134 Å². The number of nitrogens with zero attached hydrogens (tertiary/aromatic N) is 3. The van der Waals surface area contributed by atoms with Gasteiger partial charge in [-0.1, -0.05) is 6.07 Å². The summed E-state index contributed by atoms with van der Waals surface area (Å²) in [5, 5.41) is 2.86. The molecule has 0 fully saturated rings. The number of hydrogen-bond donors (Lipinski definition) is 1. The van der Waals surface area contributed by atoms with E-state index in [9.17, 15) is 17.6 Å². The van der Waals surface area contributed by atoms with Crippen molar-refractivity contribution >= 4 is 5.82 Å². The number of rotatable bonds is 4. The normalized spacial score (nSPS) is 11.5. The Hall–Kier alpha value is -2.90. The summed E-state index contributed by atoms with van der Waals surface area (Å²) in [6.45, 7) is 0.236. The first-order valence-electron chi connectivity index (χ1n) is 6.97. The van der Waals surface area contributed by atoms with Gasteiger partial charge in [-0.2, -0.15) is 13.2 Å². The molecule has 2 heterocycles. The van der Waals surface area contributed by atoms with Crippen LogP contribution < -0.4 is 5.32 Å². The number of aromatic nitrogens is 3. The molecule has 0 aliphatic heterocycles. The predicted octanol–water partition coefficient (Wildman–Crippen LogP) is 4.04. The third-order valence-corrected chi connectivity index (χ3v) is 3.36. The molecule has 24 heavy (non-hydrogen) atoms. The van der Waals surface area contributed by atoms with Gasteiger partial charge in [-0.3, -0.25) is 0 Å². The molecule has 0 radical (unpaired) electrons. The van der Waals surface area contributed by atoms with Crippen LogP contribution in [0.25, 0.3) is 5.69 Å². The quantitative estimate of drug-likeness (QED) is 0.731. The molecule has 0 saturated heterocycles. The zero-order chi connectivity index (χ0) is 17.2. The molecular formula is C16H12F4N4. The summed E-state index contributed by atoms with van der Waals surface area (Å²) < 4.78 is 53.0. The van der Waals surface area contributed by atoms with Crippen LogP contribution in [0, 0.1) is 5.82 Å². The molecule has 0 amide bonds. The fraction of sp³-hybridized carbons (Fsp3) is 0.125. The molecule has 0 bridgehead atoms. The molecule has 3 aromatic rings. The zero-order valence-electron chi connectivity index (χ0n) is 12.3. The van der Waals surface area contributed by atoms with Gasteiger partial charge in [0.25, 0.3) is 0 Å².